The van der Waals surface area contributed by atoms with Gasteiger partial charge in [0.05, 0.1) is 16.1 Å². The van der Waals surface area contributed by atoms with E-state index in [1.54, 1.807) is 0 Å². The number of aryl methyl sites for hydroxylation is 1. The van der Waals surface area contributed by atoms with Crippen LogP contribution in [0.4, 0.5) is 0 Å². The van der Waals surface area contributed by atoms with Crippen LogP contribution in [0.25, 0.3) is 11.0 Å². The maximum atomic E-state index is 6.26. The zero-order valence-corrected chi connectivity index (χ0v) is 12.8. The Morgan fingerprint density at radius 2 is 2.05 bits per heavy atom. The van der Waals surface area contributed by atoms with E-state index in [9.17, 15) is 0 Å². The number of halogens is 1. The number of nitrogens with zero attached hydrogens (tertiary/aromatic N) is 2. The summed E-state index contributed by atoms with van der Waals surface area (Å²) in [5.41, 5.74) is 8.12. The number of fused-ring (bicyclic) bond motifs is 1. The summed E-state index contributed by atoms with van der Waals surface area (Å²) in [4.78, 5) is 4.73. The van der Waals surface area contributed by atoms with Crippen molar-refractivity contribution >= 4 is 22.6 Å². The highest BCUT2D eigenvalue weighted by atomic mass is 35.5. The van der Waals surface area contributed by atoms with E-state index >= 15 is 0 Å². The standard InChI is InChI=1S/C15H22ClN3/c1-15(2,3)8-10(9-17)14-18-12-7-5-6-11(16)13(12)19(14)4/h5-7,10H,8-9,17H2,1-4H3. The lowest BCUT2D eigenvalue weighted by Gasteiger charge is -2.24. The Bertz CT molecular complexity index is 581. The van der Waals surface area contributed by atoms with Gasteiger partial charge in [-0.15, -0.1) is 0 Å². The van der Waals surface area contributed by atoms with Crippen molar-refractivity contribution in [3.63, 3.8) is 0 Å². The Hall–Kier alpha value is -1.06. The van der Waals surface area contributed by atoms with Crippen molar-refractivity contribution < 1.29 is 0 Å². The number of rotatable bonds is 3. The second kappa shape index (κ2) is 5.14. The zero-order valence-electron chi connectivity index (χ0n) is 12.1. The summed E-state index contributed by atoms with van der Waals surface area (Å²) in [5, 5.41) is 0.741. The van der Waals surface area contributed by atoms with E-state index in [0.29, 0.717) is 6.54 Å². The van der Waals surface area contributed by atoms with Crippen LogP contribution in [-0.2, 0) is 7.05 Å². The molecule has 0 aliphatic carbocycles. The highest BCUT2D eigenvalue weighted by molar-refractivity contribution is 6.35. The van der Waals surface area contributed by atoms with Gasteiger partial charge in [0.15, 0.2) is 0 Å². The largest absolute Gasteiger partial charge is 0.330 e. The molecule has 0 aliphatic rings. The fraction of sp³-hybridized carbons (Fsp3) is 0.533. The Kier molecular flexibility index (Phi) is 3.88. The molecule has 0 radical (unpaired) electrons. The fourth-order valence-electron chi connectivity index (χ4n) is 2.62. The van der Waals surface area contributed by atoms with Crippen molar-refractivity contribution in [2.75, 3.05) is 6.54 Å². The molecule has 3 nitrogen and oxygen atoms in total. The smallest absolute Gasteiger partial charge is 0.114 e. The molecule has 1 heterocycles. The molecule has 0 bridgehead atoms. The van der Waals surface area contributed by atoms with E-state index < -0.39 is 0 Å². The topological polar surface area (TPSA) is 43.8 Å². The molecule has 1 aromatic carbocycles. The molecule has 2 N–H and O–H groups in total. The van der Waals surface area contributed by atoms with Crippen LogP contribution in [0.5, 0.6) is 0 Å². The van der Waals surface area contributed by atoms with Crippen LogP contribution in [0.15, 0.2) is 18.2 Å². The van der Waals surface area contributed by atoms with Crippen LogP contribution >= 0.6 is 11.6 Å². The molecule has 0 fully saturated rings. The summed E-state index contributed by atoms with van der Waals surface area (Å²) < 4.78 is 2.08. The summed E-state index contributed by atoms with van der Waals surface area (Å²) >= 11 is 6.26. The Morgan fingerprint density at radius 3 is 2.58 bits per heavy atom. The van der Waals surface area contributed by atoms with Gasteiger partial charge in [-0.1, -0.05) is 38.4 Å². The van der Waals surface area contributed by atoms with E-state index in [-0.39, 0.29) is 11.3 Å². The molecule has 4 heteroatoms. The molecule has 0 saturated heterocycles. The second-order valence-corrected chi connectivity index (χ2v) is 6.74. The minimum Gasteiger partial charge on any atom is -0.330 e. The monoisotopic (exact) mass is 279 g/mol. The molecule has 2 aromatic rings. The number of benzene rings is 1. The van der Waals surface area contributed by atoms with Gasteiger partial charge < -0.3 is 10.3 Å². The van der Waals surface area contributed by atoms with Crippen molar-refractivity contribution in [1.29, 1.82) is 0 Å². The van der Waals surface area contributed by atoms with E-state index in [1.807, 2.05) is 25.2 Å². The summed E-state index contributed by atoms with van der Waals surface area (Å²) in [5.74, 6) is 1.29. The highest BCUT2D eigenvalue weighted by Crippen LogP contribution is 2.32. The molecular weight excluding hydrogens is 258 g/mol. The Balaban J connectivity index is 2.49. The predicted octanol–water partition coefficient (Wildman–Crippen LogP) is 3.71. The lowest BCUT2D eigenvalue weighted by atomic mass is 9.84. The van der Waals surface area contributed by atoms with Crippen LogP contribution in [-0.4, -0.2) is 16.1 Å². The van der Waals surface area contributed by atoms with Crippen molar-refractivity contribution in [3.8, 4) is 0 Å². The normalized spacial score (nSPS) is 14.0. The van der Waals surface area contributed by atoms with E-state index in [1.165, 1.54) is 0 Å². The van der Waals surface area contributed by atoms with Gasteiger partial charge in [-0.25, -0.2) is 4.98 Å². The first kappa shape index (κ1) is 14.4. The number of imidazole rings is 1. The third-order valence-electron chi connectivity index (χ3n) is 3.39. The van der Waals surface area contributed by atoms with Crippen LogP contribution in [0.3, 0.4) is 0 Å². The van der Waals surface area contributed by atoms with Gasteiger partial charge in [0.1, 0.15) is 5.82 Å². The predicted molar refractivity (Wildman–Crippen MR) is 81.6 cm³/mol. The molecule has 19 heavy (non-hydrogen) atoms. The van der Waals surface area contributed by atoms with Crippen LogP contribution in [0.2, 0.25) is 5.02 Å². The molecule has 1 atom stereocenters. The average Bonchev–Trinajstić information content (AvgIpc) is 2.64. The molecule has 104 valence electrons. The third-order valence-corrected chi connectivity index (χ3v) is 3.69. The first-order valence-corrected chi connectivity index (χ1v) is 7.02. The van der Waals surface area contributed by atoms with E-state index in [0.717, 1.165) is 28.3 Å². The molecular formula is C15H22ClN3. The molecule has 0 spiro atoms. The molecule has 1 unspecified atom stereocenters. The van der Waals surface area contributed by atoms with Crippen molar-refractivity contribution in [2.45, 2.75) is 33.1 Å². The van der Waals surface area contributed by atoms with Crippen LogP contribution < -0.4 is 5.73 Å². The number of hydrogen-bond acceptors (Lipinski definition) is 2. The molecule has 0 aliphatic heterocycles. The summed E-state index contributed by atoms with van der Waals surface area (Å²) in [6.07, 6.45) is 1.01. The zero-order chi connectivity index (χ0) is 14.2. The van der Waals surface area contributed by atoms with Crippen LogP contribution in [0, 0.1) is 5.41 Å². The minimum atomic E-state index is 0.228. The maximum Gasteiger partial charge on any atom is 0.114 e. The van der Waals surface area contributed by atoms with Gasteiger partial charge in [-0.05, 0) is 24.0 Å². The van der Waals surface area contributed by atoms with Gasteiger partial charge in [0, 0.05) is 19.5 Å². The Labute approximate surface area is 119 Å². The summed E-state index contributed by atoms with van der Waals surface area (Å²) in [6.45, 7) is 7.29. The minimum absolute atomic E-state index is 0.228. The summed E-state index contributed by atoms with van der Waals surface area (Å²) in [7, 11) is 2.02. The van der Waals surface area contributed by atoms with E-state index in [2.05, 4.69) is 25.3 Å². The first-order chi connectivity index (χ1) is 8.83. The fourth-order valence-corrected chi connectivity index (χ4v) is 2.92. The highest BCUT2D eigenvalue weighted by Gasteiger charge is 2.24. The molecule has 1 aromatic heterocycles. The Morgan fingerprint density at radius 1 is 1.37 bits per heavy atom. The number of para-hydroxylation sites is 1. The number of nitrogens with two attached hydrogens (primary N) is 1. The van der Waals surface area contributed by atoms with Crippen LogP contribution in [0.1, 0.15) is 38.9 Å². The lowest BCUT2D eigenvalue weighted by Crippen LogP contribution is -2.22. The van der Waals surface area contributed by atoms with Crippen molar-refractivity contribution in [3.05, 3.63) is 29.0 Å². The van der Waals surface area contributed by atoms with Gasteiger partial charge in [-0.3, -0.25) is 0 Å². The molecule has 2 rings (SSSR count). The average molecular weight is 280 g/mol. The quantitative estimate of drug-likeness (QED) is 0.931. The first-order valence-electron chi connectivity index (χ1n) is 6.64. The SMILES string of the molecule is Cn1c(C(CN)CC(C)(C)C)nc2cccc(Cl)c21. The van der Waals surface area contributed by atoms with Crippen molar-refractivity contribution in [2.24, 2.45) is 18.2 Å². The molecule has 0 saturated carbocycles. The van der Waals surface area contributed by atoms with E-state index in [4.69, 9.17) is 22.3 Å². The van der Waals surface area contributed by atoms with Gasteiger partial charge in [-0.2, -0.15) is 0 Å². The third kappa shape index (κ3) is 2.93. The van der Waals surface area contributed by atoms with Gasteiger partial charge >= 0.3 is 0 Å². The summed E-state index contributed by atoms with van der Waals surface area (Å²) in [6, 6.07) is 5.83. The second-order valence-electron chi connectivity index (χ2n) is 6.33. The number of aromatic nitrogens is 2. The maximum absolute atomic E-state index is 6.26. The van der Waals surface area contributed by atoms with Crippen molar-refractivity contribution in [1.82, 2.24) is 9.55 Å². The molecule has 0 amide bonds. The van der Waals surface area contributed by atoms with Gasteiger partial charge in [0.2, 0.25) is 0 Å². The number of hydrogen-bond donors (Lipinski definition) is 1. The van der Waals surface area contributed by atoms with Gasteiger partial charge in [0.25, 0.3) is 0 Å². The lowest BCUT2D eigenvalue weighted by molar-refractivity contribution is 0.333.